The van der Waals surface area contributed by atoms with E-state index in [0.29, 0.717) is 13.2 Å². The Hall–Kier alpha value is -1.47. The Morgan fingerprint density at radius 3 is 1.96 bits per heavy atom. The molecule has 3 amide bonds. The molecule has 146 valence electrons. The van der Waals surface area contributed by atoms with Gasteiger partial charge >= 0.3 is 0 Å². The average molecular weight is 364 g/mol. The summed E-state index contributed by atoms with van der Waals surface area (Å²) in [5.74, 6) is -0.0319. The minimum Gasteiger partial charge on any atom is -0.350 e. The number of nitrogens with one attached hydrogen (secondary N) is 1. The highest BCUT2D eigenvalue weighted by Gasteiger charge is 2.48. The molecule has 0 aromatic heterocycles. The third-order valence-electron chi connectivity index (χ3n) is 5.62. The number of rotatable bonds is 4. The van der Waals surface area contributed by atoms with E-state index in [1.165, 1.54) is 4.90 Å². The summed E-state index contributed by atoms with van der Waals surface area (Å²) in [7, 11) is 0. The number of carbonyl (C=O) groups excluding carboxylic acids is 3. The van der Waals surface area contributed by atoms with Gasteiger partial charge in [-0.15, -0.1) is 0 Å². The van der Waals surface area contributed by atoms with Crippen molar-refractivity contribution in [3.63, 3.8) is 0 Å². The fraction of sp³-hybridized carbons (Fsp3) is 0.842. The molecule has 26 heavy (non-hydrogen) atoms. The Balaban J connectivity index is 1.46. The van der Waals surface area contributed by atoms with Crippen molar-refractivity contribution >= 4 is 17.7 Å². The molecular weight excluding hydrogens is 332 g/mol. The lowest BCUT2D eigenvalue weighted by atomic mass is 9.81. The smallest absolute Gasteiger partial charge is 0.234 e. The van der Waals surface area contributed by atoms with E-state index in [1.807, 2.05) is 20.8 Å². The van der Waals surface area contributed by atoms with Crippen LogP contribution in [0.2, 0.25) is 0 Å². The van der Waals surface area contributed by atoms with Crippen molar-refractivity contribution < 1.29 is 14.4 Å². The first-order valence-corrected chi connectivity index (χ1v) is 9.85. The first-order chi connectivity index (χ1) is 12.2. The van der Waals surface area contributed by atoms with Gasteiger partial charge in [-0.2, -0.15) is 0 Å². The zero-order valence-electron chi connectivity index (χ0n) is 16.3. The lowest BCUT2D eigenvalue weighted by Gasteiger charge is -2.36. The number of hydrogen-bond donors (Lipinski definition) is 1. The summed E-state index contributed by atoms with van der Waals surface area (Å²) in [6.45, 7) is 9.84. The zero-order chi connectivity index (χ0) is 18.9. The number of piperazine rings is 1. The molecular formula is C19H32N4O3. The van der Waals surface area contributed by atoms with Crippen LogP contribution in [0.4, 0.5) is 0 Å². The van der Waals surface area contributed by atoms with Crippen molar-refractivity contribution in [2.75, 3.05) is 39.4 Å². The predicted octanol–water partition coefficient (Wildman–Crippen LogP) is 0.651. The van der Waals surface area contributed by atoms with Crippen molar-refractivity contribution in [1.82, 2.24) is 20.0 Å². The van der Waals surface area contributed by atoms with E-state index in [9.17, 15) is 14.4 Å². The van der Waals surface area contributed by atoms with Crippen LogP contribution in [-0.2, 0) is 14.4 Å². The molecule has 2 atom stereocenters. The molecule has 3 fully saturated rings. The van der Waals surface area contributed by atoms with E-state index >= 15 is 0 Å². The number of imide groups is 1. The van der Waals surface area contributed by atoms with Gasteiger partial charge in [0.05, 0.1) is 25.0 Å². The second-order valence-electron chi connectivity index (χ2n) is 8.94. The molecule has 7 nitrogen and oxygen atoms in total. The molecule has 1 saturated carbocycles. The van der Waals surface area contributed by atoms with Crippen molar-refractivity contribution in [3.8, 4) is 0 Å². The van der Waals surface area contributed by atoms with Gasteiger partial charge in [0, 0.05) is 31.7 Å². The Morgan fingerprint density at radius 1 is 0.962 bits per heavy atom. The van der Waals surface area contributed by atoms with Crippen LogP contribution in [0.1, 0.15) is 46.5 Å². The first-order valence-electron chi connectivity index (χ1n) is 9.85. The lowest BCUT2D eigenvalue weighted by molar-refractivity contribution is -0.142. The van der Waals surface area contributed by atoms with Crippen molar-refractivity contribution in [3.05, 3.63) is 0 Å². The monoisotopic (exact) mass is 364 g/mol. The SMILES string of the molecule is CC(C)(C)NC(=O)CN1CCN(CN2C(=O)[C@H]3CCCC[C@@H]3C2=O)CC1. The summed E-state index contributed by atoms with van der Waals surface area (Å²) in [6.07, 6.45) is 3.84. The van der Waals surface area contributed by atoms with E-state index in [1.54, 1.807) is 0 Å². The number of likely N-dealkylation sites (tertiary alicyclic amines) is 1. The van der Waals surface area contributed by atoms with Crippen molar-refractivity contribution in [2.24, 2.45) is 11.8 Å². The number of amides is 3. The van der Waals surface area contributed by atoms with E-state index in [2.05, 4.69) is 15.1 Å². The lowest BCUT2D eigenvalue weighted by Crippen LogP contribution is -2.54. The number of hydrogen-bond acceptors (Lipinski definition) is 5. The molecule has 0 aromatic rings. The summed E-state index contributed by atoms with van der Waals surface area (Å²) in [5.41, 5.74) is -0.216. The topological polar surface area (TPSA) is 73.0 Å². The number of nitrogens with zero attached hydrogens (tertiary/aromatic N) is 3. The maximum atomic E-state index is 12.6. The summed E-state index contributed by atoms with van der Waals surface area (Å²) in [4.78, 5) is 43.0. The van der Waals surface area contributed by atoms with E-state index in [4.69, 9.17) is 0 Å². The third kappa shape index (κ3) is 4.43. The quantitative estimate of drug-likeness (QED) is 0.742. The maximum absolute atomic E-state index is 12.6. The minimum atomic E-state index is -0.216. The van der Waals surface area contributed by atoms with Crippen LogP contribution in [0.3, 0.4) is 0 Å². The van der Waals surface area contributed by atoms with Gasteiger partial charge < -0.3 is 5.32 Å². The average Bonchev–Trinajstić information content (AvgIpc) is 2.80. The molecule has 0 bridgehead atoms. The number of carbonyl (C=O) groups is 3. The largest absolute Gasteiger partial charge is 0.350 e. The predicted molar refractivity (Wildman–Crippen MR) is 98.1 cm³/mol. The summed E-state index contributed by atoms with van der Waals surface area (Å²) in [5, 5.41) is 2.98. The zero-order valence-corrected chi connectivity index (χ0v) is 16.3. The molecule has 2 aliphatic heterocycles. The molecule has 0 aromatic carbocycles. The molecule has 0 unspecified atom stereocenters. The Bertz CT molecular complexity index is 540. The molecule has 3 rings (SSSR count). The maximum Gasteiger partial charge on any atom is 0.234 e. The fourth-order valence-electron chi connectivity index (χ4n) is 4.32. The Labute approximate surface area is 156 Å². The van der Waals surface area contributed by atoms with E-state index in [-0.39, 0.29) is 35.1 Å². The second-order valence-corrected chi connectivity index (χ2v) is 8.94. The van der Waals surface area contributed by atoms with Crippen molar-refractivity contribution in [2.45, 2.75) is 52.0 Å². The van der Waals surface area contributed by atoms with Gasteiger partial charge in [0.2, 0.25) is 17.7 Å². The minimum absolute atomic E-state index is 0.0340. The molecule has 0 spiro atoms. The Kier molecular flexibility index (Phi) is 5.67. The highest BCUT2D eigenvalue weighted by atomic mass is 16.2. The van der Waals surface area contributed by atoms with Gasteiger partial charge in [0.1, 0.15) is 0 Å². The highest BCUT2D eigenvalue weighted by Crippen LogP contribution is 2.38. The standard InChI is InChI=1S/C19H32N4O3/c1-19(2,3)20-16(24)12-21-8-10-22(11-9-21)13-23-17(25)14-6-4-5-7-15(14)18(23)26/h14-15H,4-13H2,1-3H3,(H,20,24)/t14-,15-/m0/s1. The second kappa shape index (κ2) is 7.64. The van der Waals surface area contributed by atoms with Crippen LogP contribution >= 0.6 is 0 Å². The van der Waals surface area contributed by atoms with Gasteiger partial charge in [0.15, 0.2) is 0 Å². The van der Waals surface area contributed by atoms with Crippen LogP contribution in [0.5, 0.6) is 0 Å². The van der Waals surface area contributed by atoms with Crippen LogP contribution in [0, 0.1) is 11.8 Å². The summed E-state index contributed by atoms with van der Waals surface area (Å²) in [6, 6.07) is 0. The molecule has 1 aliphatic carbocycles. The van der Waals surface area contributed by atoms with E-state index in [0.717, 1.165) is 51.9 Å². The van der Waals surface area contributed by atoms with Gasteiger partial charge in [-0.05, 0) is 33.6 Å². The third-order valence-corrected chi connectivity index (χ3v) is 5.62. The molecule has 2 heterocycles. The highest BCUT2D eigenvalue weighted by molar-refractivity contribution is 6.05. The number of fused-ring (bicyclic) bond motifs is 1. The van der Waals surface area contributed by atoms with Gasteiger partial charge in [0.25, 0.3) is 0 Å². The van der Waals surface area contributed by atoms with Crippen molar-refractivity contribution in [1.29, 1.82) is 0 Å². The fourth-order valence-corrected chi connectivity index (χ4v) is 4.32. The van der Waals surface area contributed by atoms with Crippen LogP contribution < -0.4 is 5.32 Å². The summed E-state index contributed by atoms with van der Waals surface area (Å²) >= 11 is 0. The van der Waals surface area contributed by atoms with Gasteiger partial charge in [-0.25, -0.2) is 0 Å². The molecule has 7 heteroatoms. The van der Waals surface area contributed by atoms with Gasteiger partial charge in [-0.3, -0.25) is 29.1 Å². The van der Waals surface area contributed by atoms with Crippen LogP contribution in [0.25, 0.3) is 0 Å². The normalized spacial score (nSPS) is 28.3. The molecule has 2 saturated heterocycles. The first kappa shape index (κ1) is 19.3. The van der Waals surface area contributed by atoms with Gasteiger partial charge in [-0.1, -0.05) is 12.8 Å². The molecule has 0 radical (unpaired) electrons. The van der Waals surface area contributed by atoms with E-state index < -0.39 is 0 Å². The molecule has 3 aliphatic rings. The van der Waals surface area contributed by atoms with Crippen LogP contribution in [-0.4, -0.2) is 77.4 Å². The molecule has 1 N–H and O–H groups in total. The Morgan fingerprint density at radius 2 is 1.46 bits per heavy atom. The van der Waals surface area contributed by atoms with Crippen LogP contribution in [0.15, 0.2) is 0 Å². The summed E-state index contributed by atoms with van der Waals surface area (Å²) < 4.78 is 0.